The summed E-state index contributed by atoms with van der Waals surface area (Å²) >= 11 is 5.95. The number of carbonyl (C=O) groups is 2. The highest BCUT2D eigenvalue weighted by Crippen LogP contribution is 2.21. The van der Waals surface area contributed by atoms with Crippen LogP contribution in [0, 0.1) is 0 Å². The molecule has 0 saturated carbocycles. The lowest BCUT2D eigenvalue weighted by Crippen LogP contribution is -2.22. The van der Waals surface area contributed by atoms with Gasteiger partial charge in [-0.05, 0) is 66.7 Å². The molecular formula is C26H21ClN4O2. The van der Waals surface area contributed by atoms with Crippen LogP contribution >= 0.6 is 11.6 Å². The van der Waals surface area contributed by atoms with Crippen molar-refractivity contribution in [2.75, 3.05) is 21.3 Å². The molecule has 4 aromatic rings. The van der Waals surface area contributed by atoms with Gasteiger partial charge in [0.1, 0.15) is 0 Å². The monoisotopic (exact) mass is 456 g/mol. The Balaban J connectivity index is 1.41. The van der Waals surface area contributed by atoms with Crippen molar-refractivity contribution < 1.29 is 9.59 Å². The fourth-order valence-electron chi connectivity index (χ4n) is 3.16. The number of anilines is 5. The average Bonchev–Trinajstić information content (AvgIpc) is 2.81. The van der Waals surface area contributed by atoms with Crippen LogP contribution in [0.3, 0.4) is 0 Å². The molecule has 0 heterocycles. The molecule has 0 unspecified atom stereocenters. The van der Waals surface area contributed by atoms with Crippen molar-refractivity contribution in [3.8, 4) is 0 Å². The first kappa shape index (κ1) is 21.9. The van der Waals surface area contributed by atoms with Crippen LogP contribution in [-0.4, -0.2) is 11.9 Å². The Hall–Kier alpha value is -4.29. The second-order valence-corrected chi connectivity index (χ2v) is 7.59. The number of carbonyl (C=O) groups excluding carboxylic acids is 2. The summed E-state index contributed by atoms with van der Waals surface area (Å²) in [5.74, 6) is -0.336. The number of para-hydroxylation sites is 2. The van der Waals surface area contributed by atoms with Crippen molar-refractivity contribution in [1.82, 2.24) is 0 Å². The van der Waals surface area contributed by atoms with E-state index < -0.39 is 6.03 Å². The minimum Gasteiger partial charge on any atom is -0.356 e. The SMILES string of the molecule is O=C(Nc1cccc(Cl)c1)Nc1ccccc1C(=O)Nc1ccc(Nc2ccccc2)cc1. The molecule has 0 atom stereocenters. The summed E-state index contributed by atoms with van der Waals surface area (Å²) < 4.78 is 0. The Morgan fingerprint density at radius 2 is 1.21 bits per heavy atom. The van der Waals surface area contributed by atoms with Crippen molar-refractivity contribution in [1.29, 1.82) is 0 Å². The molecule has 4 rings (SSSR count). The lowest BCUT2D eigenvalue weighted by atomic mass is 10.1. The van der Waals surface area contributed by atoms with Crippen LogP contribution in [0.2, 0.25) is 5.02 Å². The van der Waals surface area contributed by atoms with E-state index in [1.807, 2.05) is 54.6 Å². The number of urea groups is 1. The fraction of sp³-hybridized carbons (Fsp3) is 0. The lowest BCUT2D eigenvalue weighted by molar-refractivity contribution is 0.102. The van der Waals surface area contributed by atoms with Crippen molar-refractivity contribution in [3.63, 3.8) is 0 Å². The van der Waals surface area contributed by atoms with E-state index in [4.69, 9.17) is 11.6 Å². The number of hydrogen-bond acceptors (Lipinski definition) is 3. The second-order valence-electron chi connectivity index (χ2n) is 7.16. The van der Waals surface area contributed by atoms with Crippen LogP contribution < -0.4 is 21.3 Å². The largest absolute Gasteiger partial charge is 0.356 e. The minimum absolute atomic E-state index is 0.336. The molecule has 164 valence electrons. The van der Waals surface area contributed by atoms with Gasteiger partial charge in [0, 0.05) is 27.8 Å². The van der Waals surface area contributed by atoms with E-state index in [-0.39, 0.29) is 5.91 Å². The predicted molar refractivity (Wildman–Crippen MR) is 135 cm³/mol. The van der Waals surface area contributed by atoms with Crippen LogP contribution in [-0.2, 0) is 0 Å². The summed E-state index contributed by atoms with van der Waals surface area (Å²) in [4.78, 5) is 25.3. The summed E-state index contributed by atoms with van der Waals surface area (Å²) in [6, 6.07) is 30.3. The molecule has 0 aromatic heterocycles. The molecule has 0 bridgehead atoms. The van der Waals surface area contributed by atoms with Gasteiger partial charge in [-0.1, -0.05) is 48.0 Å². The highest BCUT2D eigenvalue weighted by atomic mass is 35.5. The second kappa shape index (κ2) is 10.3. The van der Waals surface area contributed by atoms with Gasteiger partial charge in [-0.15, -0.1) is 0 Å². The predicted octanol–water partition coefficient (Wildman–Crippen LogP) is 6.98. The highest BCUT2D eigenvalue weighted by molar-refractivity contribution is 6.31. The number of benzene rings is 4. The van der Waals surface area contributed by atoms with E-state index in [0.29, 0.717) is 27.6 Å². The van der Waals surface area contributed by atoms with Crippen LogP contribution in [0.25, 0.3) is 0 Å². The number of hydrogen-bond donors (Lipinski definition) is 4. The summed E-state index contributed by atoms with van der Waals surface area (Å²) in [6.45, 7) is 0. The van der Waals surface area contributed by atoms with Crippen molar-refractivity contribution in [3.05, 3.63) is 114 Å². The molecule has 4 aromatic carbocycles. The number of amides is 3. The standard InChI is InChI=1S/C26H21ClN4O2/c27-18-7-6-10-22(17-18)30-26(33)31-24-12-5-4-11-23(24)25(32)29-21-15-13-20(14-16-21)28-19-8-2-1-3-9-19/h1-17,28H,(H,29,32)(H2,30,31,33). The summed E-state index contributed by atoms with van der Waals surface area (Å²) in [5.41, 5.74) is 3.79. The van der Waals surface area contributed by atoms with E-state index in [2.05, 4.69) is 21.3 Å². The number of rotatable bonds is 6. The molecule has 0 aliphatic carbocycles. The molecule has 6 nitrogen and oxygen atoms in total. The quantitative estimate of drug-likeness (QED) is 0.252. The first-order valence-electron chi connectivity index (χ1n) is 10.2. The molecule has 4 N–H and O–H groups in total. The molecule has 7 heteroatoms. The highest BCUT2D eigenvalue weighted by Gasteiger charge is 2.13. The van der Waals surface area contributed by atoms with Gasteiger partial charge < -0.3 is 21.3 Å². The zero-order valence-corrected chi connectivity index (χ0v) is 18.3. The Morgan fingerprint density at radius 3 is 1.97 bits per heavy atom. The molecule has 0 aliphatic rings. The van der Waals surface area contributed by atoms with Gasteiger partial charge in [-0.25, -0.2) is 4.79 Å². The number of halogens is 1. The molecular weight excluding hydrogens is 436 g/mol. The topological polar surface area (TPSA) is 82.3 Å². The maximum Gasteiger partial charge on any atom is 0.323 e. The van der Waals surface area contributed by atoms with E-state index in [1.165, 1.54) is 0 Å². The normalized spacial score (nSPS) is 10.2. The Labute approximate surface area is 196 Å². The third-order valence-electron chi connectivity index (χ3n) is 4.71. The van der Waals surface area contributed by atoms with E-state index in [9.17, 15) is 9.59 Å². The van der Waals surface area contributed by atoms with Gasteiger partial charge in [0.25, 0.3) is 5.91 Å². The maximum atomic E-state index is 12.9. The van der Waals surface area contributed by atoms with E-state index >= 15 is 0 Å². The van der Waals surface area contributed by atoms with Gasteiger partial charge >= 0.3 is 6.03 Å². The molecule has 33 heavy (non-hydrogen) atoms. The minimum atomic E-state index is -0.478. The summed E-state index contributed by atoms with van der Waals surface area (Å²) in [5, 5.41) is 12.1. The van der Waals surface area contributed by atoms with Crippen LogP contribution in [0.4, 0.5) is 33.2 Å². The molecule has 0 saturated heterocycles. The van der Waals surface area contributed by atoms with E-state index in [1.54, 1.807) is 48.5 Å². The molecule has 0 spiro atoms. The van der Waals surface area contributed by atoms with Gasteiger partial charge in [-0.3, -0.25) is 4.79 Å². The Kier molecular flexibility index (Phi) is 6.87. The van der Waals surface area contributed by atoms with Crippen LogP contribution in [0.15, 0.2) is 103 Å². The molecule has 0 radical (unpaired) electrons. The van der Waals surface area contributed by atoms with Gasteiger partial charge in [0.05, 0.1) is 11.3 Å². The van der Waals surface area contributed by atoms with Crippen LogP contribution in [0.1, 0.15) is 10.4 Å². The third-order valence-corrected chi connectivity index (χ3v) is 4.94. The zero-order chi connectivity index (χ0) is 23.0. The lowest BCUT2D eigenvalue weighted by Gasteiger charge is -2.13. The first-order valence-corrected chi connectivity index (χ1v) is 10.6. The molecule has 0 fully saturated rings. The van der Waals surface area contributed by atoms with Crippen molar-refractivity contribution in [2.45, 2.75) is 0 Å². The van der Waals surface area contributed by atoms with Crippen molar-refractivity contribution in [2.24, 2.45) is 0 Å². The Morgan fingerprint density at radius 1 is 0.576 bits per heavy atom. The first-order chi connectivity index (χ1) is 16.1. The maximum absolute atomic E-state index is 12.9. The van der Waals surface area contributed by atoms with Crippen molar-refractivity contribution >= 4 is 52.0 Å². The van der Waals surface area contributed by atoms with Gasteiger partial charge in [0.15, 0.2) is 0 Å². The van der Waals surface area contributed by atoms with Crippen LogP contribution in [0.5, 0.6) is 0 Å². The smallest absolute Gasteiger partial charge is 0.323 e. The molecule has 3 amide bonds. The molecule has 0 aliphatic heterocycles. The zero-order valence-electron chi connectivity index (χ0n) is 17.5. The number of nitrogens with one attached hydrogen (secondary N) is 4. The van der Waals surface area contributed by atoms with Gasteiger partial charge in [0.2, 0.25) is 0 Å². The van der Waals surface area contributed by atoms with E-state index in [0.717, 1.165) is 11.4 Å². The third kappa shape index (κ3) is 6.12. The summed E-state index contributed by atoms with van der Waals surface area (Å²) in [6.07, 6.45) is 0. The summed E-state index contributed by atoms with van der Waals surface area (Å²) in [7, 11) is 0. The fourth-order valence-corrected chi connectivity index (χ4v) is 3.35. The Bertz CT molecular complexity index is 1260. The van der Waals surface area contributed by atoms with Gasteiger partial charge in [-0.2, -0.15) is 0 Å². The average molecular weight is 457 g/mol.